The van der Waals surface area contributed by atoms with Crippen LogP contribution in [-0.2, 0) is 9.59 Å². The molecular formula is C10H18N2O3S. The Morgan fingerprint density at radius 2 is 2.25 bits per heavy atom. The molecule has 3 atom stereocenters. The molecule has 0 aromatic rings. The monoisotopic (exact) mass is 246 g/mol. The summed E-state index contributed by atoms with van der Waals surface area (Å²) >= 11 is 1.47. The van der Waals surface area contributed by atoms with Crippen LogP contribution in [0.2, 0.25) is 0 Å². The van der Waals surface area contributed by atoms with Crippen molar-refractivity contribution in [2.24, 2.45) is 5.73 Å². The van der Waals surface area contributed by atoms with E-state index in [0.29, 0.717) is 12.2 Å². The molecule has 0 aromatic heterocycles. The highest BCUT2D eigenvalue weighted by Gasteiger charge is 2.40. The summed E-state index contributed by atoms with van der Waals surface area (Å²) in [6.45, 7) is 3.79. The van der Waals surface area contributed by atoms with E-state index < -0.39 is 18.1 Å². The van der Waals surface area contributed by atoms with E-state index in [2.05, 4.69) is 0 Å². The summed E-state index contributed by atoms with van der Waals surface area (Å²) in [4.78, 5) is 24.4. The quantitative estimate of drug-likeness (QED) is 0.754. The van der Waals surface area contributed by atoms with Crippen molar-refractivity contribution in [2.75, 3.05) is 5.75 Å². The Labute approximate surface area is 99.4 Å². The van der Waals surface area contributed by atoms with Gasteiger partial charge in [0.15, 0.2) is 0 Å². The molecule has 92 valence electrons. The van der Waals surface area contributed by atoms with Crippen LogP contribution in [0.15, 0.2) is 0 Å². The van der Waals surface area contributed by atoms with E-state index in [9.17, 15) is 9.59 Å². The van der Waals surface area contributed by atoms with Crippen LogP contribution in [0.3, 0.4) is 0 Å². The maximum absolute atomic E-state index is 12.0. The molecule has 1 aliphatic heterocycles. The summed E-state index contributed by atoms with van der Waals surface area (Å²) in [7, 11) is 0. The summed E-state index contributed by atoms with van der Waals surface area (Å²) < 4.78 is 0. The highest BCUT2D eigenvalue weighted by molar-refractivity contribution is 8.00. The molecule has 2 unspecified atom stereocenters. The van der Waals surface area contributed by atoms with Gasteiger partial charge in [-0.25, -0.2) is 4.79 Å². The Hall–Kier alpha value is -0.750. The normalized spacial score (nSPS) is 26.8. The van der Waals surface area contributed by atoms with E-state index >= 15 is 0 Å². The first kappa shape index (κ1) is 13.3. The molecule has 0 bridgehead atoms. The third-order valence-electron chi connectivity index (χ3n) is 2.68. The molecule has 0 saturated carbocycles. The average molecular weight is 246 g/mol. The second-order valence-electron chi connectivity index (χ2n) is 3.93. The number of carboxylic acids is 1. The number of carbonyl (C=O) groups is 2. The summed E-state index contributed by atoms with van der Waals surface area (Å²) in [5.74, 6) is -0.748. The van der Waals surface area contributed by atoms with Crippen molar-refractivity contribution >= 4 is 23.6 Å². The van der Waals surface area contributed by atoms with E-state index in [0.717, 1.165) is 6.42 Å². The highest BCUT2D eigenvalue weighted by Crippen LogP contribution is 2.29. The fourth-order valence-corrected chi connectivity index (χ4v) is 2.97. The van der Waals surface area contributed by atoms with Gasteiger partial charge in [0.05, 0.1) is 11.4 Å². The zero-order valence-electron chi connectivity index (χ0n) is 9.55. The van der Waals surface area contributed by atoms with Gasteiger partial charge in [0, 0.05) is 5.75 Å². The topological polar surface area (TPSA) is 83.6 Å². The van der Waals surface area contributed by atoms with Gasteiger partial charge in [-0.15, -0.1) is 11.8 Å². The van der Waals surface area contributed by atoms with E-state index in [4.69, 9.17) is 10.8 Å². The summed E-state index contributed by atoms with van der Waals surface area (Å²) in [6.07, 6.45) is 1.42. The number of rotatable bonds is 4. The van der Waals surface area contributed by atoms with Crippen LogP contribution < -0.4 is 5.73 Å². The first-order chi connectivity index (χ1) is 7.49. The average Bonchev–Trinajstić information content (AvgIpc) is 2.59. The van der Waals surface area contributed by atoms with Gasteiger partial charge in [0.2, 0.25) is 5.91 Å². The van der Waals surface area contributed by atoms with E-state index in [-0.39, 0.29) is 11.3 Å². The van der Waals surface area contributed by atoms with Gasteiger partial charge in [0.1, 0.15) is 6.04 Å². The molecule has 6 heteroatoms. The first-order valence-electron chi connectivity index (χ1n) is 5.41. The van der Waals surface area contributed by atoms with Crippen molar-refractivity contribution in [1.82, 2.24) is 4.90 Å². The lowest BCUT2D eigenvalue weighted by Crippen LogP contribution is -2.51. The largest absolute Gasteiger partial charge is 0.480 e. The van der Waals surface area contributed by atoms with Gasteiger partial charge >= 0.3 is 5.97 Å². The Kier molecular flexibility index (Phi) is 4.61. The maximum atomic E-state index is 12.0. The van der Waals surface area contributed by atoms with Gasteiger partial charge in [-0.05, 0) is 13.3 Å². The fourth-order valence-electron chi connectivity index (χ4n) is 1.79. The van der Waals surface area contributed by atoms with Crippen LogP contribution in [0.25, 0.3) is 0 Å². The van der Waals surface area contributed by atoms with Crippen LogP contribution in [0.5, 0.6) is 0 Å². The molecular weight excluding hydrogens is 228 g/mol. The van der Waals surface area contributed by atoms with Crippen LogP contribution >= 0.6 is 11.8 Å². The third kappa shape index (κ3) is 2.68. The van der Waals surface area contributed by atoms with Gasteiger partial charge < -0.3 is 15.7 Å². The van der Waals surface area contributed by atoms with Gasteiger partial charge in [0.25, 0.3) is 0 Å². The molecule has 0 aromatic carbocycles. The SMILES string of the molecule is CCC[C@H](N)C(=O)N1C(C)SCC1C(=O)O. The second kappa shape index (κ2) is 5.54. The molecule has 1 fully saturated rings. The summed E-state index contributed by atoms with van der Waals surface area (Å²) in [5.41, 5.74) is 5.74. The standard InChI is InChI=1S/C10H18N2O3S/c1-3-4-7(11)9(13)12-6(2)16-5-8(12)10(14)15/h6-8H,3-5,11H2,1-2H3,(H,14,15)/t6?,7-,8?/m0/s1. The minimum atomic E-state index is -0.950. The molecule has 0 radical (unpaired) electrons. The predicted octanol–water partition coefficient (Wildman–Crippen LogP) is 0.488. The lowest BCUT2D eigenvalue weighted by atomic mass is 10.1. The molecule has 1 rings (SSSR count). The Morgan fingerprint density at radius 1 is 1.62 bits per heavy atom. The number of hydrogen-bond acceptors (Lipinski definition) is 4. The molecule has 5 nitrogen and oxygen atoms in total. The zero-order chi connectivity index (χ0) is 12.3. The number of nitrogens with two attached hydrogens (primary N) is 1. The van der Waals surface area contributed by atoms with Gasteiger partial charge in [-0.2, -0.15) is 0 Å². The Bertz CT molecular complexity index is 285. The lowest BCUT2D eigenvalue weighted by Gasteiger charge is -2.27. The number of thioether (sulfide) groups is 1. The number of nitrogens with zero attached hydrogens (tertiary/aromatic N) is 1. The molecule has 1 saturated heterocycles. The van der Waals surface area contributed by atoms with Crippen molar-refractivity contribution in [3.63, 3.8) is 0 Å². The maximum Gasteiger partial charge on any atom is 0.327 e. The van der Waals surface area contributed by atoms with Crippen molar-refractivity contribution in [3.8, 4) is 0 Å². The minimum Gasteiger partial charge on any atom is -0.480 e. The number of aliphatic carboxylic acids is 1. The zero-order valence-corrected chi connectivity index (χ0v) is 10.4. The van der Waals surface area contributed by atoms with Crippen LogP contribution in [0, 0.1) is 0 Å². The van der Waals surface area contributed by atoms with Gasteiger partial charge in [-0.1, -0.05) is 13.3 Å². The van der Waals surface area contributed by atoms with E-state index in [1.165, 1.54) is 16.7 Å². The van der Waals surface area contributed by atoms with Crippen molar-refractivity contribution < 1.29 is 14.7 Å². The highest BCUT2D eigenvalue weighted by atomic mass is 32.2. The molecule has 0 aliphatic carbocycles. The van der Waals surface area contributed by atoms with Crippen molar-refractivity contribution in [1.29, 1.82) is 0 Å². The Balaban J connectivity index is 2.75. The summed E-state index contributed by atoms with van der Waals surface area (Å²) in [6, 6.07) is -1.30. The molecule has 0 spiro atoms. The number of hydrogen-bond donors (Lipinski definition) is 2. The number of carboxylic acid groups (broad SMARTS) is 1. The molecule has 1 aliphatic rings. The number of amides is 1. The second-order valence-corrected chi connectivity index (χ2v) is 5.28. The first-order valence-corrected chi connectivity index (χ1v) is 6.46. The van der Waals surface area contributed by atoms with E-state index in [1.807, 2.05) is 13.8 Å². The molecule has 1 amide bonds. The Morgan fingerprint density at radius 3 is 2.75 bits per heavy atom. The van der Waals surface area contributed by atoms with Gasteiger partial charge in [-0.3, -0.25) is 4.79 Å². The molecule has 1 heterocycles. The van der Waals surface area contributed by atoms with Crippen molar-refractivity contribution in [2.45, 2.75) is 44.1 Å². The van der Waals surface area contributed by atoms with E-state index in [1.54, 1.807) is 0 Å². The van der Waals surface area contributed by atoms with Crippen LogP contribution in [0.1, 0.15) is 26.7 Å². The predicted molar refractivity (Wildman–Crippen MR) is 63.1 cm³/mol. The number of carbonyl (C=O) groups excluding carboxylic acids is 1. The fraction of sp³-hybridized carbons (Fsp3) is 0.800. The third-order valence-corrected chi connectivity index (χ3v) is 3.90. The van der Waals surface area contributed by atoms with Crippen molar-refractivity contribution in [3.05, 3.63) is 0 Å². The lowest BCUT2D eigenvalue weighted by molar-refractivity contribution is -0.149. The smallest absolute Gasteiger partial charge is 0.327 e. The van der Waals surface area contributed by atoms with Crippen LogP contribution in [0.4, 0.5) is 0 Å². The molecule has 16 heavy (non-hydrogen) atoms. The minimum absolute atomic E-state index is 0.100. The molecule has 3 N–H and O–H groups in total. The van der Waals surface area contributed by atoms with Crippen LogP contribution in [-0.4, -0.2) is 45.1 Å². The summed E-state index contributed by atoms with van der Waals surface area (Å²) in [5, 5.41) is 8.91.